The van der Waals surface area contributed by atoms with Gasteiger partial charge in [0.05, 0.1) is 10.8 Å². The third kappa shape index (κ3) is 11.6. The summed E-state index contributed by atoms with van der Waals surface area (Å²) in [5.74, 6) is 0. The van der Waals surface area contributed by atoms with E-state index >= 15 is 0 Å². The smallest absolute Gasteiger partial charge is 0.137 e. The van der Waals surface area contributed by atoms with Crippen LogP contribution in [0.3, 0.4) is 0 Å². The summed E-state index contributed by atoms with van der Waals surface area (Å²) in [5.41, 5.74) is 41.6. The monoisotopic (exact) mass is 1610 g/mol. The zero-order chi connectivity index (χ0) is 80.1. The molecule has 24 rings (SSSR count). The molecule has 0 aliphatic heterocycles. The van der Waals surface area contributed by atoms with E-state index < -0.39 is 5.41 Å². The molecule has 568 valence electrons. The Kier molecular flexibility index (Phi) is 17.2. The van der Waals surface area contributed by atoms with Crippen LogP contribution in [0, 0.1) is 0 Å². The van der Waals surface area contributed by atoms with Crippen molar-refractivity contribution in [3.63, 3.8) is 0 Å². The highest BCUT2D eigenvalue weighted by molar-refractivity contribution is 9.10. The molecule has 1 aromatic heterocycles. The topological polar surface area (TPSA) is 22.9 Å². The average molecular weight is 1610 g/mol. The minimum atomic E-state index is -0.412. The summed E-state index contributed by atoms with van der Waals surface area (Å²) in [6.07, 6.45) is 0. The van der Waals surface area contributed by atoms with Gasteiger partial charge in [-0.2, -0.15) is 0 Å². The summed E-state index contributed by atoms with van der Waals surface area (Å²) in [4.78, 5) is 7.08. The van der Waals surface area contributed by atoms with Crippen LogP contribution >= 0.6 is 15.9 Å². The quantitative estimate of drug-likeness (QED) is 0.115. The molecule has 0 saturated heterocycles. The Balaban J connectivity index is 0.000000148. The maximum Gasteiger partial charge on any atom is 0.137 e. The lowest BCUT2D eigenvalue weighted by molar-refractivity contribution is 0.669. The van der Waals surface area contributed by atoms with Crippen molar-refractivity contribution < 1.29 is 4.42 Å². The largest absolute Gasteiger partial charge is 0.456 e. The molecule has 0 unspecified atom stereocenters. The molecule has 19 aromatic carbocycles. The van der Waals surface area contributed by atoms with Gasteiger partial charge in [0.2, 0.25) is 0 Å². The number of benzene rings is 19. The number of anilines is 9. The van der Waals surface area contributed by atoms with Crippen molar-refractivity contribution in [3.8, 4) is 89.0 Å². The molecular weight excluding hydrogens is 1530 g/mol. The van der Waals surface area contributed by atoms with Gasteiger partial charge in [-0.3, -0.25) is 0 Å². The molecule has 0 radical (unpaired) electrons. The second-order valence-corrected chi connectivity index (χ2v) is 32.7. The minimum Gasteiger partial charge on any atom is -0.456 e. The van der Waals surface area contributed by atoms with Gasteiger partial charge < -0.3 is 19.1 Å². The van der Waals surface area contributed by atoms with E-state index in [-0.39, 0.29) is 5.41 Å². The van der Waals surface area contributed by atoms with Gasteiger partial charge in [-0.05, 0) is 261 Å². The van der Waals surface area contributed by atoms with Crippen LogP contribution in [0.2, 0.25) is 0 Å². The van der Waals surface area contributed by atoms with Crippen LogP contribution in [0.25, 0.3) is 111 Å². The third-order valence-electron chi connectivity index (χ3n) is 25.5. The van der Waals surface area contributed by atoms with Crippen molar-refractivity contribution in [2.24, 2.45) is 0 Å². The fraction of sp³-hybridized carbons (Fsp3) is 0.0172. The van der Waals surface area contributed by atoms with Crippen molar-refractivity contribution in [3.05, 3.63) is 510 Å². The van der Waals surface area contributed by atoms with Gasteiger partial charge in [0.1, 0.15) is 11.2 Å². The number of halogens is 1. The van der Waals surface area contributed by atoms with Crippen molar-refractivity contribution in [1.82, 2.24) is 0 Å². The van der Waals surface area contributed by atoms with Crippen LogP contribution in [-0.4, -0.2) is 0 Å². The SMILES string of the molecule is Brc1ccc(-c2ccc(-c3ccc(N(c4ccccc4)c4ccc5c(c4)C4(c6ccccc6-c6ccccc64)c4ccccc4-5)cc3)cc2)cc1.c1ccc(N(c2ccc(-c3ccc(-c4ccc(N(c5ccccc5)c5ccc6c(c5)oc5ccccc56)cc4)cc3)cc2)c2ccc3c(c2)C2(c4ccccc4-c4ccccc42)c2ccccc2-3)cc1. The van der Waals surface area contributed by atoms with Crippen LogP contribution in [0.4, 0.5) is 51.2 Å². The third-order valence-corrected chi connectivity index (χ3v) is 26.0. The minimum absolute atomic E-state index is 0.385. The maximum absolute atomic E-state index is 6.31. The second-order valence-electron chi connectivity index (χ2n) is 31.8. The van der Waals surface area contributed by atoms with Gasteiger partial charge in [-0.1, -0.05) is 344 Å². The van der Waals surface area contributed by atoms with Crippen LogP contribution in [-0.2, 0) is 10.8 Å². The standard InChI is InChI=1S/C67H44N2O.C49H32BrN/c1-3-15-49(16-4-1)68(53-39-41-58-57-21-9-13-25-63(57)67(64(58)43-53)61-23-11-7-19-55(61)56-20-8-12-24-62(56)67)51-35-31-47(32-36-51)45-27-29-46(30-28-45)48-33-37-52(38-34-48)69(50-17-5-2-6-18-50)54-40-42-60-59-22-10-14-26-65(59)70-66(60)44-54;50-37-26-22-35(23-27-37)33-18-20-34(21-19-33)36-24-28-39(29-25-36)51(38-10-2-1-3-11-38)40-30-31-44-43-14-6-9-17-47(43)49(48(44)32-40)45-15-7-4-12-41(45)42-13-5-8-16-46(42)49/h1-44H;1-32H. The number of rotatable bonds is 13. The van der Waals surface area contributed by atoms with E-state index in [0.29, 0.717) is 0 Å². The Bertz CT molecular complexity index is 7240. The summed E-state index contributed by atoms with van der Waals surface area (Å²) in [6, 6.07) is 168. The highest BCUT2D eigenvalue weighted by Crippen LogP contribution is 2.66. The summed E-state index contributed by atoms with van der Waals surface area (Å²) in [6.45, 7) is 0. The Morgan fingerprint density at radius 2 is 0.388 bits per heavy atom. The molecule has 20 aromatic rings. The normalized spacial score (nSPS) is 12.8. The summed E-state index contributed by atoms with van der Waals surface area (Å²) >= 11 is 3.55. The first kappa shape index (κ1) is 71.2. The molecule has 0 atom stereocenters. The van der Waals surface area contributed by atoms with Crippen LogP contribution in [0.1, 0.15) is 44.5 Å². The lowest BCUT2D eigenvalue weighted by Crippen LogP contribution is -2.26. The number of hydrogen-bond donors (Lipinski definition) is 0. The predicted molar refractivity (Wildman–Crippen MR) is 506 cm³/mol. The van der Waals surface area contributed by atoms with E-state index in [1.54, 1.807) is 0 Å². The lowest BCUT2D eigenvalue weighted by atomic mass is 9.70. The molecule has 4 nitrogen and oxygen atoms in total. The fourth-order valence-electron chi connectivity index (χ4n) is 20.1. The Hall–Kier alpha value is -15.1. The Labute approximate surface area is 712 Å². The van der Waals surface area contributed by atoms with Gasteiger partial charge in [-0.25, -0.2) is 0 Å². The first-order valence-corrected chi connectivity index (χ1v) is 42.3. The molecule has 0 saturated carbocycles. The molecule has 4 aliphatic rings. The number of fused-ring (bicyclic) bond motifs is 23. The zero-order valence-corrected chi connectivity index (χ0v) is 67.6. The molecule has 5 heteroatoms. The molecule has 0 bridgehead atoms. The van der Waals surface area contributed by atoms with E-state index in [4.69, 9.17) is 4.42 Å². The summed E-state index contributed by atoms with van der Waals surface area (Å²) in [7, 11) is 0. The van der Waals surface area contributed by atoms with E-state index in [9.17, 15) is 0 Å². The van der Waals surface area contributed by atoms with E-state index in [1.807, 2.05) is 12.1 Å². The van der Waals surface area contributed by atoms with Crippen LogP contribution in [0.15, 0.2) is 470 Å². The van der Waals surface area contributed by atoms with E-state index in [0.717, 1.165) is 83.2 Å². The first-order chi connectivity index (χ1) is 59.9. The van der Waals surface area contributed by atoms with Crippen LogP contribution in [0.5, 0.6) is 0 Å². The van der Waals surface area contributed by atoms with Gasteiger partial charge in [0.15, 0.2) is 0 Å². The summed E-state index contributed by atoms with van der Waals surface area (Å²) < 4.78 is 7.40. The lowest BCUT2D eigenvalue weighted by Gasteiger charge is -2.32. The Morgan fingerprint density at radius 3 is 0.711 bits per heavy atom. The van der Waals surface area contributed by atoms with Crippen molar-refractivity contribution >= 4 is 89.1 Å². The first-order valence-electron chi connectivity index (χ1n) is 41.5. The van der Waals surface area contributed by atoms with Gasteiger partial charge in [0.25, 0.3) is 0 Å². The van der Waals surface area contributed by atoms with E-state index in [1.165, 1.54) is 128 Å². The number of nitrogens with zero attached hydrogens (tertiary/aromatic N) is 3. The van der Waals surface area contributed by atoms with Crippen LogP contribution < -0.4 is 14.7 Å². The highest BCUT2D eigenvalue weighted by atomic mass is 79.9. The number of para-hydroxylation sites is 4. The molecule has 4 aliphatic carbocycles. The molecule has 1 heterocycles. The van der Waals surface area contributed by atoms with E-state index in [2.05, 4.69) is 480 Å². The number of hydrogen-bond acceptors (Lipinski definition) is 4. The van der Waals surface area contributed by atoms with Crippen molar-refractivity contribution in [1.29, 1.82) is 0 Å². The molecule has 0 N–H and O–H groups in total. The zero-order valence-electron chi connectivity index (χ0n) is 66.0. The van der Waals surface area contributed by atoms with Gasteiger partial charge >= 0.3 is 0 Å². The van der Waals surface area contributed by atoms with Crippen molar-refractivity contribution in [2.45, 2.75) is 10.8 Å². The maximum atomic E-state index is 6.31. The van der Waals surface area contributed by atoms with Gasteiger partial charge in [-0.15, -0.1) is 0 Å². The molecule has 121 heavy (non-hydrogen) atoms. The van der Waals surface area contributed by atoms with Gasteiger partial charge in [0, 0.05) is 72.5 Å². The Morgan fingerprint density at radius 1 is 0.165 bits per heavy atom. The predicted octanol–water partition coefficient (Wildman–Crippen LogP) is 31.8. The number of furan rings is 1. The highest BCUT2D eigenvalue weighted by Gasteiger charge is 2.53. The molecule has 0 amide bonds. The second kappa shape index (κ2) is 29.2. The molecule has 0 fully saturated rings. The average Bonchev–Trinajstić information content (AvgIpc) is 1.51. The van der Waals surface area contributed by atoms with Crippen molar-refractivity contribution in [2.75, 3.05) is 14.7 Å². The summed E-state index contributed by atoms with van der Waals surface area (Å²) in [5, 5.41) is 2.25. The molecular formula is C116H76BrN3O. The molecule has 2 spiro atoms. The fourth-order valence-corrected chi connectivity index (χ4v) is 20.4.